The van der Waals surface area contributed by atoms with Crippen LogP contribution in [0.5, 0.6) is 5.75 Å². The first-order valence-electron chi connectivity index (χ1n) is 6.05. The van der Waals surface area contributed by atoms with Crippen molar-refractivity contribution in [3.63, 3.8) is 0 Å². The van der Waals surface area contributed by atoms with Crippen LogP contribution in [0, 0.1) is 15.9 Å². The molecule has 2 rings (SSSR count). The highest BCUT2D eigenvalue weighted by Crippen LogP contribution is 2.25. The lowest BCUT2D eigenvalue weighted by molar-refractivity contribution is -0.384. The number of nitro groups is 1. The van der Waals surface area contributed by atoms with E-state index in [-0.39, 0.29) is 23.9 Å². The third kappa shape index (κ3) is 3.68. The maximum atomic E-state index is 13.3. The molecule has 7 heteroatoms. The molecule has 0 saturated carbocycles. The predicted molar refractivity (Wildman–Crippen MR) is 76.7 cm³/mol. The first-order chi connectivity index (χ1) is 10.0. The van der Waals surface area contributed by atoms with Crippen molar-refractivity contribution in [1.82, 2.24) is 0 Å². The Kier molecular flexibility index (Phi) is 4.72. The van der Waals surface area contributed by atoms with E-state index in [4.69, 9.17) is 22.1 Å². The van der Waals surface area contributed by atoms with Gasteiger partial charge in [-0.2, -0.15) is 0 Å². The molecule has 2 N–H and O–H groups in total. The first kappa shape index (κ1) is 15.2. The fourth-order valence-electron chi connectivity index (χ4n) is 1.77. The molecule has 0 saturated heterocycles. The van der Waals surface area contributed by atoms with Crippen LogP contribution in [0.2, 0.25) is 5.02 Å². The van der Waals surface area contributed by atoms with Crippen molar-refractivity contribution in [3.05, 3.63) is 68.5 Å². The van der Waals surface area contributed by atoms with Gasteiger partial charge in [0.25, 0.3) is 5.69 Å². The second-order valence-electron chi connectivity index (χ2n) is 4.29. The minimum absolute atomic E-state index is 0.0386. The lowest BCUT2D eigenvalue weighted by atomic mass is 10.1. The van der Waals surface area contributed by atoms with Crippen LogP contribution < -0.4 is 10.5 Å². The summed E-state index contributed by atoms with van der Waals surface area (Å²) in [7, 11) is 0. The molecule has 2 aromatic rings. The third-order valence-electron chi connectivity index (χ3n) is 2.85. The van der Waals surface area contributed by atoms with Gasteiger partial charge in [-0.05, 0) is 23.8 Å². The molecule has 0 spiro atoms. The molecule has 0 bridgehead atoms. The van der Waals surface area contributed by atoms with Crippen LogP contribution in [-0.4, -0.2) is 4.92 Å². The zero-order valence-electron chi connectivity index (χ0n) is 10.9. The van der Waals surface area contributed by atoms with Crippen molar-refractivity contribution < 1.29 is 14.1 Å². The predicted octanol–water partition coefficient (Wildman–Crippen LogP) is 3.43. The van der Waals surface area contributed by atoms with Gasteiger partial charge in [-0.1, -0.05) is 17.7 Å². The van der Waals surface area contributed by atoms with E-state index in [1.54, 1.807) is 6.07 Å². The van der Waals surface area contributed by atoms with E-state index in [1.807, 2.05) is 0 Å². The Balaban J connectivity index is 2.15. The number of non-ortho nitro benzene ring substituents is 1. The molecule has 2 aromatic carbocycles. The van der Waals surface area contributed by atoms with Crippen LogP contribution >= 0.6 is 11.6 Å². The molecule has 0 aromatic heterocycles. The lowest BCUT2D eigenvalue weighted by Gasteiger charge is -2.10. The van der Waals surface area contributed by atoms with E-state index in [1.165, 1.54) is 30.3 Å². The van der Waals surface area contributed by atoms with Crippen LogP contribution in [0.25, 0.3) is 0 Å². The van der Waals surface area contributed by atoms with Gasteiger partial charge in [-0.15, -0.1) is 0 Å². The Labute approximate surface area is 125 Å². The molecule has 0 fully saturated rings. The van der Waals surface area contributed by atoms with Crippen LogP contribution in [0.15, 0.2) is 36.4 Å². The Hall–Kier alpha value is -2.18. The second kappa shape index (κ2) is 6.51. The number of nitro benzene ring substituents is 1. The van der Waals surface area contributed by atoms with Gasteiger partial charge in [-0.25, -0.2) is 4.39 Å². The molecule has 0 radical (unpaired) electrons. The maximum Gasteiger partial charge on any atom is 0.270 e. The van der Waals surface area contributed by atoms with Crippen LogP contribution in [0.4, 0.5) is 10.1 Å². The van der Waals surface area contributed by atoms with E-state index < -0.39 is 10.7 Å². The van der Waals surface area contributed by atoms with Gasteiger partial charge in [0.15, 0.2) is 0 Å². The monoisotopic (exact) mass is 310 g/mol. The van der Waals surface area contributed by atoms with Gasteiger partial charge in [0, 0.05) is 24.2 Å². The highest BCUT2D eigenvalue weighted by atomic mass is 35.5. The van der Waals surface area contributed by atoms with E-state index >= 15 is 0 Å². The molecule has 0 heterocycles. The highest BCUT2D eigenvalue weighted by molar-refractivity contribution is 6.30. The van der Waals surface area contributed by atoms with Crippen LogP contribution in [0.3, 0.4) is 0 Å². The SMILES string of the molecule is NCc1cc([N+](=O)[O-])ccc1OCc1ccc(Cl)c(F)c1. The normalized spacial score (nSPS) is 10.4. The highest BCUT2D eigenvalue weighted by Gasteiger charge is 2.11. The van der Waals surface area contributed by atoms with Crippen LogP contribution in [0.1, 0.15) is 11.1 Å². The summed E-state index contributed by atoms with van der Waals surface area (Å²) in [5.41, 5.74) is 6.61. The zero-order chi connectivity index (χ0) is 15.4. The molecule has 0 atom stereocenters. The molecule has 0 amide bonds. The molecule has 0 aliphatic heterocycles. The number of nitrogens with zero attached hydrogens (tertiary/aromatic N) is 1. The van der Waals surface area contributed by atoms with Crippen molar-refractivity contribution in [3.8, 4) is 5.75 Å². The second-order valence-corrected chi connectivity index (χ2v) is 4.70. The number of rotatable bonds is 5. The number of nitrogens with two attached hydrogens (primary N) is 1. The summed E-state index contributed by atoms with van der Waals surface area (Å²) in [6.07, 6.45) is 0. The van der Waals surface area contributed by atoms with Gasteiger partial charge in [0.05, 0.1) is 9.95 Å². The van der Waals surface area contributed by atoms with E-state index in [2.05, 4.69) is 0 Å². The first-order valence-corrected chi connectivity index (χ1v) is 6.43. The minimum Gasteiger partial charge on any atom is -0.489 e. The standard InChI is InChI=1S/C14H12ClFN2O3/c15-12-3-1-9(5-13(12)16)8-21-14-4-2-11(18(19)20)6-10(14)7-17/h1-6H,7-8,17H2. The van der Waals surface area contributed by atoms with Crippen molar-refractivity contribution in [2.45, 2.75) is 13.2 Å². The molecule has 110 valence electrons. The smallest absolute Gasteiger partial charge is 0.270 e. The molecular formula is C14H12ClFN2O3. The largest absolute Gasteiger partial charge is 0.489 e. The van der Waals surface area contributed by atoms with Crippen molar-refractivity contribution in [2.24, 2.45) is 5.73 Å². The Morgan fingerprint density at radius 1 is 1.29 bits per heavy atom. The average Bonchev–Trinajstić information content (AvgIpc) is 2.48. The summed E-state index contributed by atoms with van der Waals surface area (Å²) >= 11 is 5.60. The summed E-state index contributed by atoms with van der Waals surface area (Å²) in [6, 6.07) is 8.52. The van der Waals surface area contributed by atoms with Crippen LogP contribution in [-0.2, 0) is 13.2 Å². The van der Waals surface area contributed by atoms with Crippen molar-refractivity contribution in [2.75, 3.05) is 0 Å². The number of ether oxygens (including phenoxy) is 1. The number of hydrogen-bond acceptors (Lipinski definition) is 4. The number of hydrogen-bond donors (Lipinski definition) is 1. The molecule has 21 heavy (non-hydrogen) atoms. The number of benzene rings is 2. The zero-order valence-corrected chi connectivity index (χ0v) is 11.6. The minimum atomic E-state index is -0.527. The summed E-state index contributed by atoms with van der Waals surface area (Å²) in [5.74, 6) is -0.0982. The quantitative estimate of drug-likeness (QED) is 0.678. The molecule has 0 aliphatic carbocycles. The lowest BCUT2D eigenvalue weighted by Crippen LogP contribution is -2.04. The van der Waals surface area contributed by atoms with Gasteiger partial charge >= 0.3 is 0 Å². The Bertz CT molecular complexity index is 679. The van der Waals surface area contributed by atoms with E-state index in [9.17, 15) is 14.5 Å². The van der Waals surface area contributed by atoms with Gasteiger partial charge in [0.2, 0.25) is 0 Å². The fourth-order valence-corrected chi connectivity index (χ4v) is 1.89. The topological polar surface area (TPSA) is 78.4 Å². The average molecular weight is 311 g/mol. The van der Waals surface area contributed by atoms with Gasteiger partial charge < -0.3 is 10.5 Å². The fraction of sp³-hybridized carbons (Fsp3) is 0.143. The van der Waals surface area contributed by atoms with E-state index in [0.29, 0.717) is 16.9 Å². The molecule has 5 nitrogen and oxygen atoms in total. The van der Waals surface area contributed by atoms with Crippen molar-refractivity contribution >= 4 is 17.3 Å². The summed E-state index contributed by atoms with van der Waals surface area (Å²) in [5, 5.41) is 10.7. The molecule has 0 unspecified atom stereocenters. The Morgan fingerprint density at radius 2 is 2.05 bits per heavy atom. The summed E-state index contributed by atoms with van der Waals surface area (Å²) < 4.78 is 18.8. The molecule has 0 aliphatic rings. The van der Waals surface area contributed by atoms with E-state index in [0.717, 1.165) is 0 Å². The van der Waals surface area contributed by atoms with Gasteiger partial charge in [0.1, 0.15) is 18.2 Å². The number of halogens is 2. The van der Waals surface area contributed by atoms with Crippen molar-refractivity contribution in [1.29, 1.82) is 0 Å². The molecular weight excluding hydrogens is 299 g/mol. The summed E-state index contributed by atoms with van der Waals surface area (Å²) in [6.45, 7) is 0.213. The third-order valence-corrected chi connectivity index (χ3v) is 3.16. The van der Waals surface area contributed by atoms with Gasteiger partial charge in [-0.3, -0.25) is 10.1 Å². The Morgan fingerprint density at radius 3 is 2.67 bits per heavy atom. The summed E-state index contributed by atoms with van der Waals surface area (Å²) in [4.78, 5) is 10.2. The maximum absolute atomic E-state index is 13.3.